The maximum atomic E-state index is 11.4. The summed E-state index contributed by atoms with van der Waals surface area (Å²) in [5.74, 6) is 6.57. The molecular weight excluding hydrogens is 396 g/mol. The lowest BCUT2D eigenvalue weighted by molar-refractivity contribution is 0.370. The fraction of sp³-hybridized carbons (Fsp3) is 0.150. The molecule has 0 spiro atoms. The average Bonchev–Trinajstić information content (AvgIpc) is 3.05. The van der Waals surface area contributed by atoms with Gasteiger partial charge in [-0.2, -0.15) is 0 Å². The summed E-state index contributed by atoms with van der Waals surface area (Å²) in [5.41, 5.74) is 2.03. The van der Waals surface area contributed by atoms with Gasteiger partial charge in [-0.25, -0.2) is 18.1 Å². The quantitative estimate of drug-likeness (QED) is 0.604. The summed E-state index contributed by atoms with van der Waals surface area (Å²) in [4.78, 5) is 4.28. The number of fused-ring (bicyclic) bond motifs is 1. The number of aromatic hydroxyl groups is 1. The monoisotopic (exact) mass is 414 g/mol. The van der Waals surface area contributed by atoms with Crippen molar-refractivity contribution in [2.24, 2.45) is 0 Å². The zero-order chi connectivity index (χ0) is 20.1. The van der Waals surface area contributed by atoms with Crippen molar-refractivity contribution in [3.63, 3.8) is 0 Å². The van der Waals surface area contributed by atoms with Crippen LogP contribution in [0.5, 0.6) is 11.5 Å². The van der Waals surface area contributed by atoms with Crippen LogP contribution in [0.4, 0.5) is 0 Å². The minimum Gasteiger partial charge on any atom is -0.506 e. The van der Waals surface area contributed by atoms with Crippen LogP contribution in [0, 0.1) is 18.8 Å². The van der Waals surface area contributed by atoms with Crippen molar-refractivity contribution in [3.05, 3.63) is 64.5 Å². The second-order valence-electron chi connectivity index (χ2n) is 5.85. The van der Waals surface area contributed by atoms with Crippen molar-refractivity contribution in [2.75, 3.05) is 6.61 Å². The van der Waals surface area contributed by atoms with Gasteiger partial charge in [0.15, 0.2) is 0 Å². The van der Waals surface area contributed by atoms with E-state index in [-0.39, 0.29) is 18.9 Å². The fourth-order valence-corrected chi connectivity index (χ4v) is 3.81. The molecule has 0 amide bonds. The number of benzene rings is 2. The largest absolute Gasteiger partial charge is 0.506 e. The Morgan fingerprint density at radius 3 is 2.96 bits per heavy atom. The summed E-state index contributed by atoms with van der Waals surface area (Å²) < 4.78 is 31.7. The molecule has 1 aromatic heterocycles. The van der Waals surface area contributed by atoms with Crippen LogP contribution >= 0.6 is 11.3 Å². The van der Waals surface area contributed by atoms with Crippen LogP contribution in [0.25, 0.3) is 10.2 Å². The van der Waals surface area contributed by atoms with Gasteiger partial charge in [0.05, 0.1) is 9.71 Å². The Labute approximate surface area is 167 Å². The van der Waals surface area contributed by atoms with Crippen LogP contribution in [0.15, 0.2) is 48.4 Å². The van der Waals surface area contributed by atoms with Crippen LogP contribution in [0.3, 0.4) is 0 Å². The number of hydrogen-bond acceptors (Lipinski definition) is 6. The van der Waals surface area contributed by atoms with Gasteiger partial charge in [-0.15, -0.1) is 11.3 Å². The standard InChI is InChI=1S/C20H18N2O4S2/c1-3-28(24,25)21-13-16-6-4-8-17(10-16)26-9-5-7-15-11-18(23)20-19(12-15)27-14(2)22-20/h3-4,6,8,10-12,21,23H,1,9,13H2,2H3. The lowest BCUT2D eigenvalue weighted by Gasteiger charge is -2.06. The zero-order valence-corrected chi connectivity index (χ0v) is 16.7. The molecule has 0 fully saturated rings. The number of hydrogen-bond donors (Lipinski definition) is 2. The molecule has 0 aliphatic heterocycles. The van der Waals surface area contributed by atoms with Gasteiger partial charge in [0, 0.05) is 17.5 Å². The van der Waals surface area contributed by atoms with Crippen LogP contribution < -0.4 is 9.46 Å². The minimum atomic E-state index is -3.47. The van der Waals surface area contributed by atoms with Crippen LogP contribution in [-0.2, 0) is 16.6 Å². The van der Waals surface area contributed by atoms with Crippen molar-refractivity contribution in [3.8, 4) is 23.3 Å². The summed E-state index contributed by atoms with van der Waals surface area (Å²) in [7, 11) is -3.47. The molecule has 1 heterocycles. The second kappa shape index (κ2) is 8.44. The molecule has 28 heavy (non-hydrogen) atoms. The highest BCUT2D eigenvalue weighted by Crippen LogP contribution is 2.30. The first-order valence-electron chi connectivity index (χ1n) is 8.29. The molecule has 0 saturated carbocycles. The normalized spacial score (nSPS) is 11.0. The number of phenolic OH excluding ortho intramolecular Hbond substituents is 1. The van der Waals surface area contributed by atoms with Crippen LogP contribution in [0.1, 0.15) is 16.1 Å². The Kier molecular flexibility index (Phi) is 5.99. The Balaban J connectivity index is 1.63. The van der Waals surface area contributed by atoms with Gasteiger partial charge in [-0.3, -0.25) is 0 Å². The SMILES string of the molecule is C=CS(=O)(=O)NCc1cccc(OCC#Cc2cc(O)c3nc(C)sc3c2)c1. The van der Waals surface area contributed by atoms with E-state index in [0.29, 0.717) is 16.8 Å². The van der Waals surface area contributed by atoms with Gasteiger partial charge in [0.1, 0.15) is 23.6 Å². The molecule has 0 bridgehead atoms. The molecule has 0 aliphatic rings. The molecule has 3 aromatic rings. The molecule has 0 radical (unpaired) electrons. The van der Waals surface area contributed by atoms with Gasteiger partial charge in [-0.05, 0) is 36.8 Å². The highest BCUT2D eigenvalue weighted by molar-refractivity contribution is 7.92. The Hall–Kier alpha value is -2.86. The van der Waals surface area contributed by atoms with Crippen molar-refractivity contribution >= 4 is 31.6 Å². The molecule has 0 aliphatic carbocycles. The first-order valence-corrected chi connectivity index (χ1v) is 10.7. The number of aryl methyl sites for hydroxylation is 1. The first kappa shape index (κ1) is 19.9. The molecule has 0 saturated heterocycles. The van der Waals surface area contributed by atoms with E-state index in [1.165, 1.54) is 11.3 Å². The van der Waals surface area contributed by atoms with Gasteiger partial charge in [0.25, 0.3) is 0 Å². The zero-order valence-electron chi connectivity index (χ0n) is 15.1. The third-order valence-electron chi connectivity index (χ3n) is 3.72. The maximum absolute atomic E-state index is 11.4. The van der Waals surface area contributed by atoms with Crippen molar-refractivity contribution in [1.29, 1.82) is 0 Å². The molecular formula is C20H18N2O4S2. The number of rotatable bonds is 6. The fourth-order valence-electron chi connectivity index (χ4n) is 2.44. The Bertz CT molecular complexity index is 1190. The van der Waals surface area contributed by atoms with E-state index in [0.717, 1.165) is 20.7 Å². The molecule has 3 rings (SSSR count). The number of nitrogens with one attached hydrogen (secondary N) is 1. The van der Waals surface area contributed by atoms with E-state index in [4.69, 9.17) is 4.74 Å². The summed E-state index contributed by atoms with van der Waals surface area (Å²) in [6.45, 7) is 5.44. The maximum Gasteiger partial charge on any atom is 0.233 e. The highest BCUT2D eigenvalue weighted by atomic mass is 32.2. The smallest absolute Gasteiger partial charge is 0.233 e. The van der Waals surface area contributed by atoms with Gasteiger partial charge >= 0.3 is 0 Å². The summed E-state index contributed by atoms with van der Waals surface area (Å²) in [5, 5.41) is 11.8. The molecule has 2 N–H and O–H groups in total. The van der Waals surface area contributed by atoms with Gasteiger partial charge < -0.3 is 9.84 Å². The van der Waals surface area contributed by atoms with E-state index < -0.39 is 10.0 Å². The molecule has 0 atom stereocenters. The van der Waals surface area contributed by atoms with Crippen molar-refractivity contribution < 1.29 is 18.3 Å². The lowest BCUT2D eigenvalue weighted by Crippen LogP contribution is -2.20. The Morgan fingerprint density at radius 1 is 1.36 bits per heavy atom. The van der Waals surface area contributed by atoms with E-state index >= 15 is 0 Å². The number of phenols is 1. The second-order valence-corrected chi connectivity index (χ2v) is 8.79. The number of aromatic nitrogens is 1. The summed E-state index contributed by atoms with van der Waals surface area (Å²) >= 11 is 1.50. The third kappa shape index (κ3) is 5.10. The molecule has 0 unspecified atom stereocenters. The topological polar surface area (TPSA) is 88.5 Å². The van der Waals surface area contributed by atoms with E-state index in [9.17, 15) is 13.5 Å². The summed E-state index contributed by atoms with van der Waals surface area (Å²) in [6, 6.07) is 10.5. The van der Waals surface area contributed by atoms with Crippen LogP contribution in [0.2, 0.25) is 0 Å². The van der Waals surface area contributed by atoms with E-state index in [1.807, 2.05) is 13.0 Å². The molecule has 8 heteroatoms. The van der Waals surface area contributed by atoms with Crippen molar-refractivity contribution in [2.45, 2.75) is 13.5 Å². The lowest BCUT2D eigenvalue weighted by atomic mass is 10.2. The average molecular weight is 415 g/mol. The van der Waals surface area contributed by atoms with Gasteiger partial charge in [0.2, 0.25) is 10.0 Å². The molecule has 2 aromatic carbocycles. The summed E-state index contributed by atoms with van der Waals surface area (Å²) in [6.07, 6.45) is 0. The van der Waals surface area contributed by atoms with Gasteiger partial charge in [-0.1, -0.05) is 30.6 Å². The number of thiazole rings is 1. The molecule has 6 nitrogen and oxygen atoms in total. The predicted octanol–water partition coefficient (Wildman–Crippen LogP) is 3.30. The van der Waals surface area contributed by atoms with E-state index in [2.05, 4.69) is 28.1 Å². The minimum absolute atomic E-state index is 0.113. The van der Waals surface area contributed by atoms with Crippen LogP contribution in [-0.4, -0.2) is 25.1 Å². The highest BCUT2D eigenvalue weighted by Gasteiger charge is 2.07. The number of sulfonamides is 1. The first-order chi connectivity index (χ1) is 13.4. The number of nitrogens with zero attached hydrogens (tertiary/aromatic N) is 1. The Morgan fingerprint density at radius 2 is 2.18 bits per heavy atom. The van der Waals surface area contributed by atoms with E-state index in [1.54, 1.807) is 30.3 Å². The number of ether oxygens (including phenoxy) is 1. The third-order valence-corrected chi connectivity index (χ3v) is 5.62. The van der Waals surface area contributed by atoms with Crippen molar-refractivity contribution in [1.82, 2.24) is 9.71 Å². The molecule has 144 valence electrons. The predicted molar refractivity (Wildman–Crippen MR) is 111 cm³/mol.